The Balaban J connectivity index is 2.83. The van der Waals surface area contributed by atoms with Crippen LogP contribution in [0, 0.1) is 6.92 Å². The average Bonchev–Trinajstić information content (AvgIpc) is 2.45. The lowest BCUT2D eigenvalue weighted by Crippen LogP contribution is -2.55. The van der Waals surface area contributed by atoms with Crippen LogP contribution in [0.5, 0.6) is 0 Å². The van der Waals surface area contributed by atoms with Gasteiger partial charge in [-0.15, -0.1) is 0 Å². The minimum Gasteiger partial charge on any atom is -0.374 e. The molecule has 0 fully saturated rings. The molecule has 0 saturated carbocycles. The maximum atomic E-state index is 14.3. The second-order valence-electron chi connectivity index (χ2n) is 5.13. The highest BCUT2D eigenvalue weighted by atomic mass is 79.9. The molecule has 1 nitrogen and oxygen atoms in total. The maximum Gasteiger partial charge on any atom is 0.457 e. The van der Waals surface area contributed by atoms with Crippen molar-refractivity contribution in [1.29, 1.82) is 0 Å². The molecule has 1 unspecified atom stereocenters. The van der Waals surface area contributed by atoms with Crippen LogP contribution in [0.4, 0.5) is 22.0 Å². The Morgan fingerprint density at radius 3 is 2.04 bits per heavy atom. The number of aryl methyl sites for hydroxylation is 1. The van der Waals surface area contributed by atoms with Gasteiger partial charge in [0.1, 0.15) is 0 Å². The number of hydrogen-bond acceptors (Lipinski definition) is 1. The van der Waals surface area contributed by atoms with Crippen LogP contribution in [0.1, 0.15) is 16.7 Å². The molecule has 0 radical (unpaired) electrons. The van der Waals surface area contributed by atoms with Crippen molar-refractivity contribution in [2.75, 3.05) is 0 Å². The van der Waals surface area contributed by atoms with Crippen molar-refractivity contribution in [1.82, 2.24) is 0 Å². The molecule has 0 aliphatic carbocycles. The van der Waals surface area contributed by atoms with Crippen molar-refractivity contribution in [2.24, 2.45) is 0 Å². The Labute approximate surface area is 137 Å². The van der Waals surface area contributed by atoms with Gasteiger partial charge in [-0.3, -0.25) is 0 Å². The molecule has 2 aromatic carbocycles. The molecule has 7 heteroatoms. The molecule has 0 heterocycles. The summed E-state index contributed by atoms with van der Waals surface area (Å²) in [5.74, 6) is -5.39. The Bertz CT molecular complexity index is 714. The molecule has 0 bridgehead atoms. The molecular weight excluding hydrogens is 383 g/mol. The van der Waals surface area contributed by atoms with Crippen molar-refractivity contribution in [2.45, 2.75) is 24.6 Å². The largest absolute Gasteiger partial charge is 0.457 e. The molecule has 0 saturated heterocycles. The van der Waals surface area contributed by atoms with E-state index >= 15 is 0 Å². The minimum absolute atomic E-state index is 0.0482. The molecule has 23 heavy (non-hydrogen) atoms. The lowest BCUT2D eigenvalue weighted by Gasteiger charge is -2.38. The van der Waals surface area contributed by atoms with Gasteiger partial charge >= 0.3 is 12.1 Å². The van der Waals surface area contributed by atoms with Crippen LogP contribution in [0.15, 0.2) is 53.0 Å². The first-order valence-corrected chi connectivity index (χ1v) is 7.30. The Morgan fingerprint density at radius 1 is 0.913 bits per heavy atom. The van der Waals surface area contributed by atoms with E-state index in [0.29, 0.717) is 5.56 Å². The van der Waals surface area contributed by atoms with Crippen LogP contribution in [0.2, 0.25) is 0 Å². The van der Waals surface area contributed by atoms with Crippen molar-refractivity contribution < 1.29 is 27.1 Å². The summed E-state index contributed by atoms with van der Waals surface area (Å²) in [6.07, 6.45) is -5.93. The van der Waals surface area contributed by atoms with Gasteiger partial charge in [-0.2, -0.15) is 22.0 Å². The first kappa shape index (κ1) is 17.9. The molecule has 0 spiro atoms. The number of benzene rings is 2. The molecule has 2 aromatic rings. The van der Waals surface area contributed by atoms with E-state index in [0.717, 1.165) is 18.2 Å². The summed E-state index contributed by atoms with van der Waals surface area (Å²) in [4.78, 5) is 0. The zero-order valence-corrected chi connectivity index (χ0v) is 13.4. The van der Waals surface area contributed by atoms with Crippen molar-refractivity contribution >= 4 is 15.9 Å². The molecule has 1 atom stereocenters. The second kappa shape index (κ2) is 5.87. The Hall–Kier alpha value is -1.47. The van der Waals surface area contributed by atoms with Crippen LogP contribution in [0.25, 0.3) is 0 Å². The highest BCUT2D eigenvalue weighted by molar-refractivity contribution is 9.10. The standard InChI is InChI=1S/C16H12BrF5O/c1-10-5-4-6-11(9-10)14(23,15(18,19)16(20,21)22)12-7-2-3-8-13(12)17/h2-9,23H,1H3. The fourth-order valence-electron chi connectivity index (χ4n) is 2.34. The van der Waals surface area contributed by atoms with Crippen LogP contribution >= 0.6 is 15.9 Å². The summed E-state index contributed by atoms with van der Waals surface area (Å²) in [6, 6.07) is 10.1. The smallest absolute Gasteiger partial charge is 0.374 e. The Morgan fingerprint density at radius 2 is 1.52 bits per heavy atom. The molecule has 1 N–H and O–H groups in total. The molecule has 0 aliphatic rings. The zero-order valence-electron chi connectivity index (χ0n) is 11.8. The second-order valence-corrected chi connectivity index (χ2v) is 5.99. The van der Waals surface area contributed by atoms with Gasteiger partial charge in [0, 0.05) is 10.0 Å². The molecule has 124 valence electrons. The molecule has 0 aromatic heterocycles. The van der Waals surface area contributed by atoms with Crippen LogP contribution in [-0.4, -0.2) is 17.2 Å². The van der Waals surface area contributed by atoms with Gasteiger partial charge in [-0.25, -0.2) is 0 Å². The van der Waals surface area contributed by atoms with Gasteiger partial charge in [0.05, 0.1) is 0 Å². The third-order valence-electron chi connectivity index (χ3n) is 3.51. The highest BCUT2D eigenvalue weighted by Crippen LogP contribution is 2.53. The lowest BCUT2D eigenvalue weighted by atomic mass is 9.80. The van der Waals surface area contributed by atoms with E-state index in [2.05, 4.69) is 15.9 Å². The van der Waals surface area contributed by atoms with E-state index in [4.69, 9.17) is 0 Å². The SMILES string of the molecule is Cc1cccc(C(O)(c2ccccc2Br)C(F)(F)C(F)(F)F)c1. The monoisotopic (exact) mass is 394 g/mol. The third kappa shape index (κ3) is 2.87. The fourth-order valence-corrected chi connectivity index (χ4v) is 2.91. The van der Waals surface area contributed by atoms with Crippen LogP contribution in [0.3, 0.4) is 0 Å². The lowest BCUT2D eigenvalue weighted by molar-refractivity contribution is -0.336. The first-order valence-electron chi connectivity index (χ1n) is 6.51. The maximum absolute atomic E-state index is 14.3. The molecule has 0 aliphatic heterocycles. The molecule has 0 amide bonds. The molecular formula is C16H12BrF5O. The predicted octanol–water partition coefficient (Wildman–Crippen LogP) is 5.19. The quantitative estimate of drug-likeness (QED) is 0.710. The Kier molecular flexibility index (Phi) is 4.56. The van der Waals surface area contributed by atoms with E-state index in [1.165, 1.54) is 37.3 Å². The number of hydrogen-bond donors (Lipinski definition) is 1. The summed E-state index contributed by atoms with van der Waals surface area (Å²) < 4.78 is 67.5. The number of aliphatic hydroxyl groups is 1. The number of rotatable bonds is 3. The van der Waals surface area contributed by atoms with E-state index in [9.17, 15) is 27.1 Å². The topological polar surface area (TPSA) is 20.2 Å². The molecule has 2 rings (SSSR count). The van der Waals surface area contributed by atoms with Gasteiger partial charge in [0.25, 0.3) is 0 Å². The van der Waals surface area contributed by atoms with Gasteiger partial charge in [-0.05, 0) is 18.6 Å². The van der Waals surface area contributed by atoms with E-state index in [1.807, 2.05) is 0 Å². The summed E-state index contributed by atoms with van der Waals surface area (Å²) in [5.41, 5.74) is -4.21. The normalized spacial score (nSPS) is 15.3. The highest BCUT2D eigenvalue weighted by Gasteiger charge is 2.71. The summed E-state index contributed by atoms with van der Waals surface area (Å²) in [7, 11) is 0. The van der Waals surface area contributed by atoms with Crippen molar-refractivity contribution in [3.05, 3.63) is 69.7 Å². The minimum atomic E-state index is -5.93. The van der Waals surface area contributed by atoms with Gasteiger partial charge < -0.3 is 5.11 Å². The predicted molar refractivity (Wildman–Crippen MR) is 79.3 cm³/mol. The van der Waals surface area contributed by atoms with E-state index in [-0.39, 0.29) is 4.47 Å². The van der Waals surface area contributed by atoms with Gasteiger partial charge in [0.15, 0.2) is 5.60 Å². The van der Waals surface area contributed by atoms with E-state index < -0.39 is 28.8 Å². The zero-order chi connectivity index (χ0) is 17.5. The van der Waals surface area contributed by atoms with Gasteiger partial charge in [-0.1, -0.05) is 64.0 Å². The summed E-state index contributed by atoms with van der Waals surface area (Å²) >= 11 is 2.95. The van der Waals surface area contributed by atoms with Crippen LogP contribution in [-0.2, 0) is 5.60 Å². The fraction of sp³-hybridized carbons (Fsp3) is 0.250. The first-order chi connectivity index (χ1) is 10.5. The number of halogens is 6. The van der Waals surface area contributed by atoms with Gasteiger partial charge in [0.2, 0.25) is 0 Å². The van der Waals surface area contributed by atoms with Crippen LogP contribution < -0.4 is 0 Å². The summed E-state index contributed by atoms with van der Waals surface area (Å²) in [5, 5.41) is 10.6. The summed E-state index contributed by atoms with van der Waals surface area (Å²) in [6.45, 7) is 1.54. The number of alkyl halides is 5. The van der Waals surface area contributed by atoms with Crippen molar-refractivity contribution in [3.8, 4) is 0 Å². The average molecular weight is 395 g/mol. The van der Waals surface area contributed by atoms with Crippen molar-refractivity contribution in [3.63, 3.8) is 0 Å². The third-order valence-corrected chi connectivity index (χ3v) is 4.20. The van der Waals surface area contributed by atoms with E-state index in [1.54, 1.807) is 0 Å².